The molecular weight excluding hydrogens is 462 g/mol. The zero-order valence-corrected chi connectivity index (χ0v) is 18.3. The van der Waals surface area contributed by atoms with Crippen LogP contribution in [0, 0.1) is 5.82 Å². The largest absolute Gasteiger partial charge is 0.294 e. The average molecular weight is 477 g/mol. The molecule has 0 aliphatic carbocycles. The lowest BCUT2D eigenvalue weighted by molar-refractivity contribution is 0.0989. The van der Waals surface area contributed by atoms with Crippen molar-refractivity contribution in [2.45, 2.75) is 12.2 Å². The van der Waals surface area contributed by atoms with Crippen molar-refractivity contribution in [3.05, 3.63) is 99.4 Å². The van der Waals surface area contributed by atoms with Crippen molar-refractivity contribution < 1.29 is 17.6 Å². The van der Waals surface area contributed by atoms with E-state index in [-0.39, 0.29) is 22.8 Å². The van der Waals surface area contributed by atoms with Crippen LogP contribution in [0.15, 0.2) is 66.9 Å². The number of ketones is 1. The van der Waals surface area contributed by atoms with E-state index in [1.54, 1.807) is 42.5 Å². The average Bonchev–Trinajstić information content (AvgIpc) is 3.14. The lowest BCUT2D eigenvalue weighted by Crippen LogP contribution is -2.16. The number of carbonyl (C=O) groups is 1. The van der Waals surface area contributed by atoms with Crippen molar-refractivity contribution in [1.29, 1.82) is 0 Å². The van der Waals surface area contributed by atoms with Crippen molar-refractivity contribution in [3.8, 4) is 0 Å². The van der Waals surface area contributed by atoms with Crippen LogP contribution in [0.25, 0.3) is 10.9 Å². The summed E-state index contributed by atoms with van der Waals surface area (Å²) in [5.41, 5.74) is 1.22. The number of fused-ring (bicyclic) bond motifs is 1. The number of hydrogen-bond donors (Lipinski definition) is 0. The molecule has 0 aliphatic rings. The summed E-state index contributed by atoms with van der Waals surface area (Å²) in [4.78, 5) is 12.6. The van der Waals surface area contributed by atoms with Crippen LogP contribution >= 0.6 is 23.2 Å². The maximum absolute atomic E-state index is 14.1. The molecule has 0 saturated heterocycles. The number of hydrogen-bond acceptors (Lipinski definition) is 4. The molecule has 9 heteroatoms. The third-order valence-electron chi connectivity index (χ3n) is 4.73. The number of carbonyl (C=O) groups excluding carboxylic acids is 1. The van der Waals surface area contributed by atoms with E-state index in [1.165, 1.54) is 24.4 Å². The molecule has 0 saturated carbocycles. The Kier molecular flexibility index (Phi) is 5.83. The number of benzene rings is 3. The predicted molar refractivity (Wildman–Crippen MR) is 119 cm³/mol. The Morgan fingerprint density at radius 3 is 2.42 bits per heavy atom. The third kappa shape index (κ3) is 4.49. The normalized spacial score (nSPS) is 11.7. The molecule has 3 aromatic carbocycles. The van der Waals surface area contributed by atoms with Gasteiger partial charge in [-0.2, -0.15) is 9.19 Å². The van der Waals surface area contributed by atoms with Crippen LogP contribution in [0.3, 0.4) is 0 Å². The number of rotatable bonds is 6. The van der Waals surface area contributed by atoms with Crippen LogP contribution in [0.4, 0.5) is 4.39 Å². The predicted octanol–water partition coefficient (Wildman–Crippen LogP) is 5.29. The molecule has 0 aliphatic heterocycles. The van der Waals surface area contributed by atoms with E-state index < -0.39 is 21.6 Å². The first-order valence-electron chi connectivity index (χ1n) is 9.16. The Labute approximate surface area is 188 Å². The van der Waals surface area contributed by atoms with E-state index in [2.05, 4.69) is 5.10 Å². The highest BCUT2D eigenvalue weighted by Gasteiger charge is 2.20. The van der Waals surface area contributed by atoms with Gasteiger partial charge in [0.2, 0.25) is 0 Å². The van der Waals surface area contributed by atoms with Crippen molar-refractivity contribution in [3.63, 3.8) is 0 Å². The molecule has 0 radical (unpaired) electrons. The van der Waals surface area contributed by atoms with Crippen molar-refractivity contribution in [1.82, 2.24) is 9.19 Å². The standard InChI is InChI=1S/C22H15Cl2FN2O3S/c23-17-8-5-14(6-9-17)13-31(29,30)27-20-10-15(4-7-16(20)12-26-27)11-21(28)22-18(24)2-1-3-19(22)25/h1-10,12H,11,13H2. The molecule has 31 heavy (non-hydrogen) atoms. The molecule has 158 valence electrons. The van der Waals surface area contributed by atoms with Crippen LogP contribution < -0.4 is 0 Å². The lowest BCUT2D eigenvalue weighted by Gasteiger charge is -2.08. The summed E-state index contributed by atoms with van der Waals surface area (Å²) in [6.45, 7) is 0. The molecule has 0 unspecified atom stereocenters. The summed E-state index contributed by atoms with van der Waals surface area (Å²) in [5, 5.41) is 5.16. The van der Waals surface area contributed by atoms with Gasteiger partial charge in [-0.1, -0.05) is 53.5 Å². The second kappa shape index (κ2) is 8.42. The summed E-state index contributed by atoms with van der Waals surface area (Å²) >= 11 is 11.8. The van der Waals surface area contributed by atoms with Gasteiger partial charge in [-0.05, 0) is 41.5 Å². The Morgan fingerprint density at radius 1 is 1.00 bits per heavy atom. The first-order chi connectivity index (χ1) is 14.7. The molecule has 0 fully saturated rings. The Balaban J connectivity index is 1.66. The molecule has 0 amide bonds. The maximum atomic E-state index is 14.1. The van der Waals surface area contributed by atoms with Gasteiger partial charge >= 0.3 is 0 Å². The van der Waals surface area contributed by atoms with Gasteiger partial charge in [0, 0.05) is 16.8 Å². The Bertz CT molecular complexity index is 1380. The summed E-state index contributed by atoms with van der Waals surface area (Å²) in [5.74, 6) is -1.47. The topological polar surface area (TPSA) is 69.0 Å². The minimum Gasteiger partial charge on any atom is -0.294 e. The highest BCUT2D eigenvalue weighted by molar-refractivity contribution is 7.89. The van der Waals surface area contributed by atoms with E-state index >= 15 is 0 Å². The van der Waals surface area contributed by atoms with Gasteiger partial charge in [0.15, 0.2) is 5.78 Å². The first kappa shape index (κ1) is 21.5. The van der Waals surface area contributed by atoms with E-state index in [9.17, 15) is 17.6 Å². The van der Waals surface area contributed by atoms with E-state index in [0.717, 1.165) is 4.09 Å². The van der Waals surface area contributed by atoms with Crippen molar-refractivity contribution in [2.75, 3.05) is 0 Å². The van der Waals surface area contributed by atoms with Gasteiger partial charge in [0.1, 0.15) is 5.82 Å². The lowest BCUT2D eigenvalue weighted by atomic mass is 10.0. The SMILES string of the molecule is O=C(Cc1ccc2cnn(S(=O)(=O)Cc3ccc(Cl)cc3)c2c1)c1c(F)cccc1Cl. The molecule has 0 spiro atoms. The molecule has 0 bridgehead atoms. The maximum Gasteiger partial charge on any atom is 0.258 e. The summed E-state index contributed by atoms with van der Waals surface area (Å²) in [7, 11) is -3.82. The fraction of sp³-hybridized carbons (Fsp3) is 0.0909. The summed E-state index contributed by atoms with van der Waals surface area (Å²) in [6, 6.07) is 15.4. The first-order valence-corrected chi connectivity index (χ1v) is 11.5. The Hall–Kier alpha value is -2.74. The van der Waals surface area contributed by atoms with Gasteiger partial charge in [-0.3, -0.25) is 4.79 Å². The molecule has 1 heterocycles. The van der Waals surface area contributed by atoms with E-state index in [0.29, 0.717) is 27.1 Å². The molecule has 4 rings (SSSR count). The fourth-order valence-electron chi connectivity index (χ4n) is 3.26. The number of Topliss-reactive ketones (excluding diaryl/α,β-unsaturated/α-hetero) is 1. The Morgan fingerprint density at radius 2 is 1.71 bits per heavy atom. The van der Waals surface area contributed by atoms with Gasteiger partial charge in [-0.25, -0.2) is 12.8 Å². The highest BCUT2D eigenvalue weighted by Crippen LogP contribution is 2.24. The monoisotopic (exact) mass is 476 g/mol. The van der Waals surface area contributed by atoms with Crippen LogP contribution in [0.5, 0.6) is 0 Å². The zero-order valence-electron chi connectivity index (χ0n) is 15.9. The third-order valence-corrected chi connectivity index (χ3v) is 6.82. The molecule has 1 aromatic heterocycles. The number of nitrogens with zero attached hydrogens (tertiary/aromatic N) is 2. The highest BCUT2D eigenvalue weighted by atomic mass is 35.5. The van der Waals surface area contributed by atoms with Crippen LogP contribution in [0.1, 0.15) is 21.5 Å². The van der Waals surface area contributed by atoms with Crippen LogP contribution in [0.2, 0.25) is 10.0 Å². The quantitative estimate of drug-likeness (QED) is 0.354. The van der Waals surface area contributed by atoms with Crippen molar-refractivity contribution in [2.24, 2.45) is 0 Å². The van der Waals surface area contributed by atoms with Gasteiger partial charge in [-0.15, -0.1) is 0 Å². The van der Waals surface area contributed by atoms with Crippen LogP contribution in [-0.4, -0.2) is 23.4 Å². The number of halogens is 3. The smallest absolute Gasteiger partial charge is 0.258 e. The number of aromatic nitrogens is 2. The second-order valence-corrected chi connectivity index (χ2v) is 9.60. The van der Waals surface area contributed by atoms with E-state index in [4.69, 9.17) is 23.2 Å². The zero-order chi connectivity index (χ0) is 22.2. The molecular formula is C22H15Cl2FN2O3S. The summed E-state index contributed by atoms with van der Waals surface area (Å²) in [6.07, 6.45) is 1.30. The van der Waals surface area contributed by atoms with E-state index in [1.807, 2.05) is 0 Å². The molecule has 0 atom stereocenters. The van der Waals surface area contributed by atoms with Gasteiger partial charge in [0.05, 0.1) is 28.1 Å². The van der Waals surface area contributed by atoms with Gasteiger partial charge in [0.25, 0.3) is 10.0 Å². The second-order valence-electron chi connectivity index (χ2n) is 6.96. The van der Waals surface area contributed by atoms with Gasteiger partial charge < -0.3 is 0 Å². The minimum atomic E-state index is -3.82. The molecule has 4 aromatic rings. The molecule has 5 nitrogen and oxygen atoms in total. The fourth-order valence-corrected chi connectivity index (χ4v) is 5.04. The van der Waals surface area contributed by atoms with Crippen LogP contribution in [-0.2, 0) is 22.2 Å². The minimum absolute atomic E-state index is 0.0293. The molecule has 0 N–H and O–H groups in total. The summed E-state index contributed by atoms with van der Waals surface area (Å²) < 4.78 is 40.9. The van der Waals surface area contributed by atoms with Crippen molar-refractivity contribution >= 4 is 49.9 Å².